The third-order valence-corrected chi connectivity index (χ3v) is 4.00. The number of carbonyl (C=O) groups is 2. The lowest BCUT2D eigenvalue weighted by Gasteiger charge is -2.35. The molecule has 0 heterocycles. The summed E-state index contributed by atoms with van der Waals surface area (Å²) in [6.07, 6.45) is 0. The third-order valence-electron chi connectivity index (χ3n) is 3.31. The molecule has 2 aromatic rings. The Bertz CT molecular complexity index is 782. The highest BCUT2D eigenvalue weighted by Gasteiger charge is 2.31. The van der Waals surface area contributed by atoms with Crippen molar-refractivity contribution >= 4 is 52.6 Å². The van der Waals surface area contributed by atoms with Gasteiger partial charge in [-0.3, -0.25) is 15.0 Å². The summed E-state index contributed by atoms with van der Waals surface area (Å²) in [7, 11) is 0. The maximum Gasteiger partial charge on any atom is 0.273 e. The summed E-state index contributed by atoms with van der Waals surface area (Å²) in [4.78, 5) is 25.2. The van der Waals surface area contributed by atoms with Crippen molar-refractivity contribution in [1.82, 2.24) is 10.4 Å². The molecule has 0 aromatic heterocycles. The minimum atomic E-state index is -0.701. The fraction of sp³-hybridized carbons (Fsp3) is 0.222. The summed E-state index contributed by atoms with van der Waals surface area (Å²) in [6, 6.07) is 12.6. The van der Waals surface area contributed by atoms with Gasteiger partial charge >= 0.3 is 0 Å². The van der Waals surface area contributed by atoms with Crippen LogP contribution < -0.4 is 5.43 Å². The molecule has 0 aliphatic carbocycles. The molecule has 0 saturated carbocycles. The average Bonchev–Trinajstić information content (AvgIpc) is 2.51. The first kappa shape index (κ1) is 24.4. The van der Waals surface area contributed by atoms with Gasteiger partial charge < -0.3 is 0 Å². The summed E-state index contributed by atoms with van der Waals surface area (Å²) < 4.78 is 14.4. The van der Waals surface area contributed by atoms with Gasteiger partial charge in [0.1, 0.15) is 5.82 Å². The van der Waals surface area contributed by atoms with Crippen LogP contribution in [0.2, 0.25) is 0 Å². The molecule has 26 heavy (non-hydrogen) atoms. The van der Waals surface area contributed by atoms with Crippen LogP contribution in [0.15, 0.2) is 53.0 Å². The first-order valence-corrected chi connectivity index (χ1v) is 8.15. The Morgan fingerprint density at radius 1 is 0.962 bits per heavy atom. The summed E-state index contributed by atoms with van der Waals surface area (Å²) in [5.74, 6) is -1.71. The van der Waals surface area contributed by atoms with Crippen molar-refractivity contribution < 1.29 is 14.0 Å². The van der Waals surface area contributed by atoms with Crippen molar-refractivity contribution in [3.05, 3.63) is 69.9 Å². The summed E-state index contributed by atoms with van der Waals surface area (Å²) >= 11 is 3.33. The van der Waals surface area contributed by atoms with Gasteiger partial charge in [0.15, 0.2) is 0 Å². The number of amides is 2. The van der Waals surface area contributed by atoms with Crippen molar-refractivity contribution in [3.63, 3.8) is 0 Å². The Kier molecular flexibility index (Phi) is 9.28. The Morgan fingerprint density at radius 3 is 1.96 bits per heavy atom. The van der Waals surface area contributed by atoms with Crippen LogP contribution in [0.5, 0.6) is 0 Å². The Morgan fingerprint density at radius 2 is 1.46 bits per heavy atom. The topological polar surface area (TPSA) is 49.4 Å². The standard InChI is InChI=1S/C18H18BrFN2O2.2ClH/c1-18(2,3)22(17(24)12-8-4-6-10-14(12)19)21-16(23)13-9-5-7-11-15(13)20;;/h4-11H,1-3H3,(H,21,23);2*1H. The van der Waals surface area contributed by atoms with Crippen LogP contribution in [0.25, 0.3) is 0 Å². The molecule has 4 nitrogen and oxygen atoms in total. The molecule has 0 bridgehead atoms. The van der Waals surface area contributed by atoms with Crippen molar-refractivity contribution in [1.29, 1.82) is 0 Å². The van der Waals surface area contributed by atoms with E-state index < -0.39 is 17.3 Å². The van der Waals surface area contributed by atoms with Gasteiger partial charge in [-0.1, -0.05) is 24.3 Å². The predicted molar refractivity (Wildman–Crippen MR) is 108 cm³/mol. The lowest BCUT2D eigenvalue weighted by molar-refractivity contribution is 0.0356. The zero-order chi connectivity index (χ0) is 17.9. The van der Waals surface area contributed by atoms with Crippen LogP contribution in [0.1, 0.15) is 41.5 Å². The number of nitrogens with zero attached hydrogens (tertiary/aromatic N) is 1. The Labute approximate surface area is 173 Å². The molecule has 0 aliphatic rings. The van der Waals surface area contributed by atoms with Gasteiger partial charge in [0.05, 0.1) is 16.7 Å². The molecule has 0 spiro atoms. The lowest BCUT2D eigenvalue weighted by Crippen LogP contribution is -2.56. The van der Waals surface area contributed by atoms with Gasteiger partial charge in [-0.2, -0.15) is 0 Å². The number of benzene rings is 2. The quantitative estimate of drug-likeness (QED) is 0.633. The van der Waals surface area contributed by atoms with Crippen molar-refractivity contribution in [2.45, 2.75) is 26.3 Å². The van der Waals surface area contributed by atoms with Crippen molar-refractivity contribution in [2.24, 2.45) is 0 Å². The maximum atomic E-state index is 13.8. The molecule has 1 N–H and O–H groups in total. The second-order valence-corrected chi connectivity index (χ2v) is 7.07. The molecule has 2 aromatic carbocycles. The Hall–Kier alpha value is -1.63. The first-order chi connectivity index (χ1) is 11.2. The molecule has 0 fully saturated rings. The van der Waals surface area contributed by atoms with E-state index in [1.807, 2.05) is 0 Å². The molecule has 0 unspecified atom stereocenters. The molecule has 2 rings (SSSR count). The normalized spacial score (nSPS) is 10.2. The molecule has 0 radical (unpaired) electrons. The van der Waals surface area contributed by atoms with E-state index in [0.29, 0.717) is 10.0 Å². The van der Waals surface area contributed by atoms with Crippen LogP contribution in [-0.2, 0) is 0 Å². The fourth-order valence-corrected chi connectivity index (χ4v) is 2.54. The molecule has 0 atom stereocenters. The number of hydrogen-bond acceptors (Lipinski definition) is 2. The number of rotatable bonds is 2. The van der Waals surface area contributed by atoms with Gasteiger partial charge in [0, 0.05) is 4.47 Å². The summed E-state index contributed by atoms with van der Waals surface area (Å²) in [5.41, 5.74) is 2.11. The lowest BCUT2D eigenvalue weighted by atomic mass is 10.1. The number of halogens is 4. The molecule has 142 valence electrons. The van der Waals surface area contributed by atoms with Crippen LogP contribution in [0, 0.1) is 5.82 Å². The molecular weight excluding hydrogens is 446 g/mol. The molecular formula is C18H20BrCl2FN2O2. The van der Waals surface area contributed by atoms with Crippen molar-refractivity contribution in [3.8, 4) is 0 Å². The summed E-state index contributed by atoms with van der Waals surface area (Å²) in [5, 5.41) is 1.21. The Balaban J connectivity index is 0.00000312. The van der Waals surface area contributed by atoms with E-state index in [2.05, 4.69) is 21.4 Å². The summed E-state index contributed by atoms with van der Waals surface area (Å²) in [6.45, 7) is 5.34. The van der Waals surface area contributed by atoms with Gasteiger partial charge in [-0.05, 0) is 61.0 Å². The SMILES string of the molecule is CC(C)(C)N(NC(=O)c1ccccc1F)C(=O)c1ccccc1Br.Cl.Cl. The van der Waals surface area contributed by atoms with E-state index in [-0.39, 0.29) is 36.3 Å². The number of nitrogens with one attached hydrogen (secondary N) is 1. The van der Waals surface area contributed by atoms with E-state index in [9.17, 15) is 14.0 Å². The second kappa shape index (κ2) is 9.90. The van der Waals surface area contributed by atoms with Crippen LogP contribution >= 0.6 is 40.7 Å². The van der Waals surface area contributed by atoms with Gasteiger partial charge in [-0.25, -0.2) is 9.40 Å². The van der Waals surface area contributed by atoms with E-state index in [0.717, 1.165) is 0 Å². The molecule has 0 aliphatic heterocycles. The van der Waals surface area contributed by atoms with E-state index in [1.165, 1.54) is 23.2 Å². The average molecular weight is 466 g/mol. The van der Waals surface area contributed by atoms with Gasteiger partial charge in [0.2, 0.25) is 0 Å². The fourth-order valence-electron chi connectivity index (χ4n) is 2.09. The van der Waals surface area contributed by atoms with Gasteiger partial charge in [-0.15, -0.1) is 24.8 Å². The maximum absolute atomic E-state index is 13.8. The third kappa shape index (κ3) is 5.69. The largest absolute Gasteiger partial charge is 0.273 e. The molecule has 0 saturated heterocycles. The number of hydrazine groups is 1. The van der Waals surface area contributed by atoms with Crippen LogP contribution in [0.3, 0.4) is 0 Å². The van der Waals surface area contributed by atoms with Crippen LogP contribution in [0.4, 0.5) is 4.39 Å². The minimum absolute atomic E-state index is 0. The van der Waals surface area contributed by atoms with E-state index >= 15 is 0 Å². The van der Waals surface area contributed by atoms with Gasteiger partial charge in [0.25, 0.3) is 11.8 Å². The molecule has 8 heteroatoms. The highest BCUT2D eigenvalue weighted by Crippen LogP contribution is 2.21. The van der Waals surface area contributed by atoms with Crippen LogP contribution in [-0.4, -0.2) is 22.4 Å². The second-order valence-electron chi connectivity index (χ2n) is 6.21. The smallest absolute Gasteiger partial charge is 0.267 e. The number of carbonyl (C=O) groups excluding carboxylic acids is 2. The highest BCUT2D eigenvalue weighted by molar-refractivity contribution is 9.10. The van der Waals surface area contributed by atoms with Crippen molar-refractivity contribution in [2.75, 3.05) is 0 Å². The monoisotopic (exact) mass is 464 g/mol. The predicted octanol–water partition coefficient (Wildman–Crippen LogP) is 5.02. The number of hydrogen-bond donors (Lipinski definition) is 1. The molecule has 2 amide bonds. The minimum Gasteiger partial charge on any atom is -0.267 e. The highest BCUT2D eigenvalue weighted by atomic mass is 79.9. The zero-order valence-electron chi connectivity index (χ0n) is 14.5. The first-order valence-electron chi connectivity index (χ1n) is 7.36. The zero-order valence-corrected chi connectivity index (χ0v) is 17.7. The van der Waals surface area contributed by atoms with E-state index in [4.69, 9.17) is 0 Å². The van der Waals surface area contributed by atoms with E-state index in [1.54, 1.807) is 51.1 Å².